The molecule has 72 valence electrons. The summed E-state index contributed by atoms with van der Waals surface area (Å²) < 4.78 is 0. The van der Waals surface area contributed by atoms with Gasteiger partial charge in [0, 0.05) is 6.61 Å². The maximum atomic E-state index is 9.23. The Kier molecular flexibility index (Phi) is 2.82. The fraction of sp³-hybridized carbons (Fsp3) is 1.00. The van der Waals surface area contributed by atoms with Crippen molar-refractivity contribution in [2.75, 3.05) is 6.61 Å². The molecule has 0 amide bonds. The van der Waals surface area contributed by atoms with Gasteiger partial charge < -0.3 is 5.11 Å². The fourth-order valence-electron chi connectivity index (χ4n) is 1.80. The molecule has 1 aliphatic carbocycles. The van der Waals surface area contributed by atoms with Gasteiger partial charge in [-0.1, -0.05) is 27.2 Å². The molecule has 0 aromatic carbocycles. The molecule has 0 aromatic heterocycles. The Morgan fingerprint density at radius 3 is 2.08 bits per heavy atom. The van der Waals surface area contributed by atoms with Gasteiger partial charge in [0.1, 0.15) is 0 Å². The molecular weight excluding hydrogens is 148 g/mol. The Bertz CT molecular complexity index is 134. The number of aliphatic hydroxyl groups excluding tert-OH is 1. The van der Waals surface area contributed by atoms with Gasteiger partial charge in [0.15, 0.2) is 0 Å². The van der Waals surface area contributed by atoms with Gasteiger partial charge in [0.25, 0.3) is 0 Å². The van der Waals surface area contributed by atoms with E-state index in [0.717, 1.165) is 0 Å². The molecular formula is C11H22O. The first kappa shape index (κ1) is 10.0. The molecule has 0 aliphatic heterocycles. The Morgan fingerprint density at radius 2 is 1.83 bits per heavy atom. The molecule has 0 spiro atoms. The minimum Gasteiger partial charge on any atom is -0.396 e. The molecule has 0 radical (unpaired) electrons. The zero-order valence-corrected chi connectivity index (χ0v) is 8.69. The van der Waals surface area contributed by atoms with Crippen molar-refractivity contribution in [3.05, 3.63) is 0 Å². The topological polar surface area (TPSA) is 20.2 Å². The largest absolute Gasteiger partial charge is 0.396 e. The lowest BCUT2D eigenvalue weighted by atomic mass is 9.65. The molecule has 0 bridgehead atoms. The van der Waals surface area contributed by atoms with Crippen molar-refractivity contribution in [1.29, 1.82) is 0 Å². The van der Waals surface area contributed by atoms with E-state index in [-0.39, 0.29) is 0 Å². The van der Waals surface area contributed by atoms with Gasteiger partial charge in [0.2, 0.25) is 0 Å². The predicted octanol–water partition coefficient (Wildman–Crippen LogP) is 2.98. The molecule has 0 aromatic rings. The molecule has 1 heteroatoms. The Balaban J connectivity index is 2.30. The maximum absolute atomic E-state index is 9.23. The van der Waals surface area contributed by atoms with Crippen molar-refractivity contribution in [2.45, 2.75) is 52.9 Å². The van der Waals surface area contributed by atoms with E-state index in [0.29, 0.717) is 17.4 Å². The quantitative estimate of drug-likeness (QED) is 0.690. The first-order chi connectivity index (χ1) is 5.47. The third-order valence-corrected chi connectivity index (χ3v) is 3.15. The molecule has 1 nitrogen and oxygen atoms in total. The average Bonchev–Trinajstić information content (AvgIpc) is 1.84. The average molecular weight is 170 g/mol. The van der Waals surface area contributed by atoms with E-state index in [1.807, 2.05) is 0 Å². The lowest BCUT2D eigenvalue weighted by molar-refractivity contribution is 0.0258. The summed E-state index contributed by atoms with van der Waals surface area (Å²) in [6, 6.07) is 0. The lowest BCUT2D eigenvalue weighted by Crippen LogP contribution is -2.34. The lowest BCUT2D eigenvalue weighted by Gasteiger charge is -2.42. The summed E-state index contributed by atoms with van der Waals surface area (Å²) in [6.07, 6.45) is 6.28. The summed E-state index contributed by atoms with van der Waals surface area (Å²) in [5, 5.41) is 9.23. The van der Waals surface area contributed by atoms with Crippen molar-refractivity contribution in [3.8, 4) is 0 Å². The third-order valence-electron chi connectivity index (χ3n) is 3.15. The minimum absolute atomic E-state index is 0.327. The summed E-state index contributed by atoms with van der Waals surface area (Å²) >= 11 is 0. The van der Waals surface area contributed by atoms with Crippen LogP contribution in [0.4, 0.5) is 0 Å². The number of hydrogen-bond acceptors (Lipinski definition) is 1. The van der Waals surface area contributed by atoms with Gasteiger partial charge in [-0.3, -0.25) is 0 Å². The van der Waals surface area contributed by atoms with Crippen LogP contribution in [0.3, 0.4) is 0 Å². The fourth-order valence-corrected chi connectivity index (χ4v) is 1.80. The van der Waals surface area contributed by atoms with E-state index < -0.39 is 0 Å². The SMILES string of the molecule is CC(C)(C)CCC1(CO)CCC1. The molecule has 0 saturated heterocycles. The molecule has 1 saturated carbocycles. The number of hydrogen-bond donors (Lipinski definition) is 1. The van der Waals surface area contributed by atoms with Crippen LogP contribution in [0.5, 0.6) is 0 Å². The Labute approximate surface area is 76.2 Å². The molecule has 0 heterocycles. The van der Waals surface area contributed by atoms with Crippen molar-refractivity contribution in [2.24, 2.45) is 10.8 Å². The van der Waals surface area contributed by atoms with Crippen molar-refractivity contribution in [1.82, 2.24) is 0 Å². The van der Waals surface area contributed by atoms with Crippen molar-refractivity contribution >= 4 is 0 Å². The van der Waals surface area contributed by atoms with Crippen LogP contribution in [0, 0.1) is 10.8 Å². The number of aliphatic hydroxyl groups is 1. The third kappa shape index (κ3) is 2.48. The predicted molar refractivity (Wildman–Crippen MR) is 52.1 cm³/mol. The van der Waals surface area contributed by atoms with Crippen LogP contribution in [0.15, 0.2) is 0 Å². The van der Waals surface area contributed by atoms with Crippen LogP contribution in [-0.4, -0.2) is 11.7 Å². The summed E-state index contributed by atoms with van der Waals surface area (Å²) in [5.41, 5.74) is 0.755. The second-order valence-electron chi connectivity index (χ2n) is 5.57. The highest BCUT2D eigenvalue weighted by atomic mass is 16.3. The van der Waals surface area contributed by atoms with Crippen LogP contribution < -0.4 is 0 Å². The molecule has 1 aliphatic rings. The van der Waals surface area contributed by atoms with Gasteiger partial charge in [0.05, 0.1) is 0 Å². The van der Waals surface area contributed by atoms with E-state index in [2.05, 4.69) is 20.8 Å². The van der Waals surface area contributed by atoms with Crippen LogP contribution in [0.25, 0.3) is 0 Å². The van der Waals surface area contributed by atoms with Crippen LogP contribution in [0.2, 0.25) is 0 Å². The van der Waals surface area contributed by atoms with Crippen LogP contribution in [-0.2, 0) is 0 Å². The molecule has 1 N–H and O–H groups in total. The smallest absolute Gasteiger partial charge is 0.0487 e. The van der Waals surface area contributed by atoms with Crippen molar-refractivity contribution in [3.63, 3.8) is 0 Å². The normalized spacial score (nSPS) is 22.0. The molecule has 0 unspecified atom stereocenters. The standard InChI is InChI=1S/C11H22O/c1-10(2,3)7-8-11(9-12)5-4-6-11/h12H,4-9H2,1-3H3. The van der Waals surface area contributed by atoms with Gasteiger partial charge in [-0.25, -0.2) is 0 Å². The second kappa shape index (κ2) is 3.37. The highest BCUT2D eigenvalue weighted by Gasteiger charge is 2.36. The first-order valence-electron chi connectivity index (χ1n) is 5.08. The molecule has 1 rings (SSSR count). The van der Waals surface area contributed by atoms with Gasteiger partial charge in [-0.15, -0.1) is 0 Å². The summed E-state index contributed by atoms with van der Waals surface area (Å²) in [5.74, 6) is 0. The highest BCUT2D eigenvalue weighted by Crippen LogP contribution is 2.46. The number of rotatable bonds is 3. The minimum atomic E-state index is 0.327. The van der Waals surface area contributed by atoms with Crippen molar-refractivity contribution < 1.29 is 5.11 Å². The monoisotopic (exact) mass is 170 g/mol. The maximum Gasteiger partial charge on any atom is 0.0487 e. The first-order valence-corrected chi connectivity index (χ1v) is 5.08. The van der Waals surface area contributed by atoms with Crippen LogP contribution >= 0.6 is 0 Å². The highest BCUT2D eigenvalue weighted by molar-refractivity contribution is 4.87. The van der Waals surface area contributed by atoms with E-state index >= 15 is 0 Å². The molecule has 12 heavy (non-hydrogen) atoms. The molecule has 0 atom stereocenters. The van der Waals surface area contributed by atoms with E-state index in [9.17, 15) is 5.11 Å². The van der Waals surface area contributed by atoms with Gasteiger partial charge >= 0.3 is 0 Å². The molecule has 1 fully saturated rings. The Hall–Kier alpha value is -0.0400. The van der Waals surface area contributed by atoms with E-state index in [1.54, 1.807) is 0 Å². The summed E-state index contributed by atoms with van der Waals surface area (Å²) in [4.78, 5) is 0. The second-order valence-corrected chi connectivity index (χ2v) is 5.57. The summed E-state index contributed by atoms with van der Waals surface area (Å²) in [6.45, 7) is 7.23. The Morgan fingerprint density at radius 1 is 1.25 bits per heavy atom. The zero-order valence-electron chi connectivity index (χ0n) is 8.69. The zero-order chi connectivity index (χ0) is 9.24. The van der Waals surface area contributed by atoms with Gasteiger partial charge in [-0.05, 0) is 36.5 Å². The van der Waals surface area contributed by atoms with E-state index in [4.69, 9.17) is 0 Å². The van der Waals surface area contributed by atoms with E-state index in [1.165, 1.54) is 32.1 Å². The van der Waals surface area contributed by atoms with Crippen LogP contribution in [0.1, 0.15) is 52.9 Å². The summed E-state index contributed by atoms with van der Waals surface area (Å²) in [7, 11) is 0. The van der Waals surface area contributed by atoms with Gasteiger partial charge in [-0.2, -0.15) is 0 Å².